The molecule has 0 N–H and O–H groups in total. The predicted octanol–water partition coefficient (Wildman–Crippen LogP) is 4.19. The zero-order chi connectivity index (χ0) is 13.1. The Morgan fingerprint density at radius 2 is 1.37 bits per heavy atom. The van der Waals surface area contributed by atoms with E-state index in [-0.39, 0.29) is 0 Å². The van der Waals surface area contributed by atoms with Crippen LogP contribution >= 0.6 is 9.24 Å². The zero-order valence-electron chi connectivity index (χ0n) is 11.2. The number of rotatable bonds is 3. The van der Waals surface area contributed by atoms with Gasteiger partial charge in [-0.05, 0) is 48.7 Å². The summed E-state index contributed by atoms with van der Waals surface area (Å²) >= 11 is 0. The van der Waals surface area contributed by atoms with Crippen molar-refractivity contribution in [2.24, 2.45) is 0 Å². The number of anilines is 2. The molecule has 1 unspecified atom stereocenters. The van der Waals surface area contributed by atoms with Crippen molar-refractivity contribution in [1.82, 2.24) is 0 Å². The molecule has 2 aromatic rings. The molecule has 3 rings (SSSR count). The van der Waals surface area contributed by atoms with Gasteiger partial charge in [0.05, 0.1) is 0 Å². The third-order valence-corrected chi connectivity index (χ3v) is 4.22. The summed E-state index contributed by atoms with van der Waals surface area (Å²) in [6.07, 6.45) is 4.64. The van der Waals surface area contributed by atoms with E-state index < -0.39 is 0 Å². The minimum atomic E-state index is 1.09. The highest BCUT2D eigenvalue weighted by atomic mass is 31.0. The van der Waals surface area contributed by atoms with Gasteiger partial charge in [-0.25, -0.2) is 0 Å². The molecule has 1 heterocycles. The molecule has 2 aromatic carbocycles. The lowest BCUT2D eigenvalue weighted by molar-refractivity contribution is 0.892. The van der Waals surface area contributed by atoms with Crippen LogP contribution in [0.4, 0.5) is 11.4 Å². The lowest BCUT2D eigenvalue weighted by atomic mass is 10.0. The predicted molar refractivity (Wildman–Crippen MR) is 86.5 cm³/mol. The molecule has 0 bridgehead atoms. The van der Waals surface area contributed by atoms with Crippen molar-refractivity contribution in [3.05, 3.63) is 59.7 Å². The van der Waals surface area contributed by atoms with E-state index in [9.17, 15) is 0 Å². The van der Waals surface area contributed by atoms with E-state index in [4.69, 9.17) is 0 Å². The van der Waals surface area contributed by atoms with Gasteiger partial charge in [0.15, 0.2) is 0 Å². The summed E-state index contributed by atoms with van der Waals surface area (Å²) < 4.78 is 0. The van der Waals surface area contributed by atoms with Crippen LogP contribution < -0.4 is 4.90 Å². The van der Waals surface area contributed by atoms with Crippen LogP contribution in [-0.4, -0.2) is 12.7 Å². The van der Waals surface area contributed by atoms with Gasteiger partial charge in [0.1, 0.15) is 0 Å². The van der Waals surface area contributed by atoms with Crippen molar-refractivity contribution in [3.8, 4) is 0 Å². The van der Waals surface area contributed by atoms with E-state index in [0.29, 0.717) is 0 Å². The molecule has 0 amide bonds. The molecular formula is C17H20NP. The Morgan fingerprint density at radius 1 is 0.842 bits per heavy atom. The van der Waals surface area contributed by atoms with Crippen LogP contribution in [0.1, 0.15) is 17.5 Å². The summed E-state index contributed by atoms with van der Waals surface area (Å²) in [6.45, 7) is 1.09. The molecule has 0 saturated heterocycles. The standard InChI is InChI=1S/C17H20NP/c19-13-5-12-18-16-8-3-1-6-14(16)10-11-15-7-2-4-9-17(15)18/h1-4,6-9H,5,10-13,19H2. The Bertz CT molecular complexity index is 517. The first-order chi connectivity index (χ1) is 9.40. The van der Waals surface area contributed by atoms with Crippen molar-refractivity contribution in [3.63, 3.8) is 0 Å². The Balaban J connectivity index is 2.08. The first-order valence-corrected chi connectivity index (χ1v) is 7.85. The number of fused-ring (bicyclic) bond motifs is 2. The lowest BCUT2D eigenvalue weighted by Gasteiger charge is -2.26. The summed E-state index contributed by atoms with van der Waals surface area (Å²) in [6, 6.07) is 17.7. The first-order valence-electron chi connectivity index (χ1n) is 7.03. The van der Waals surface area contributed by atoms with Crippen LogP contribution in [0.15, 0.2) is 48.5 Å². The molecule has 1 nitrogen and oxygen atoms in total. The highest BCUT2D eigenvalue weighted by Crippen LogP contribution is 2.35. The summed E-state index contributed by atoms with van der Waals surface area (Å²) in [4.78, 5) is 2.50. The molecule has 0 spiro atoms. The molecule has 0 aliphatic carbocycles. The smallest absolute Gasteiger partial charge is 0.0443 e. The Morgan fingerprint density at radius 3 is 1.89 bits per heavy atom. The molecule has 19 heavy (non-hydrogen) atoms. The largest absolute Gasteiger partial charge is 0.341 e. The second kappa shape index (κ2) is 5.75. The Labute approximate surface area is 117 Å². The molecular weight excluding hydrogens is 249 g/mol. The molecule has 98 valence electrons. The second-order valence-electron chi connectivity index (χ2n) is 5.05. The summed E-state index contributed by atoms with van der Waals surface area (Å²) in [5.74, 6) is 0. The summed E-state index contributed by atoms with van der Waals surface area (Å²) in [5.41, 5.74) is 5.74. The van der Waals surface area contributed by atoms with Crippen molar-refractivity contribution >= 4 is 20.6 Å². The van der Waals surface area contributed by atoms with Gasteiger partial charge >= 0.3 is 0 Å². The third kappa shape index (κ3) is 2.53. The normalized spacial score (nSPS) is 13.6. The summed E-state index contributed by atoms with van der Waals surface area (Å²) in [7, 11) is 2.83. The maximum absolute atomic E-state index is 2.83. The van der Waals surface area contributed by atoms with Crippen LogP contribution in [0.5, 0.6) is 0 Å². The van der Waals surface area contributed by atoms with E-state index in [0.717, 1.165) is 25.5 Å². The molecule has 0 saturated carbocycles. The number of nitrogens with zero attached hydrogens (tertiary/aromatic N) is 1. The molecule has 0 fully saturated rings. The number of hydrogen-bond acceptors (Lipinski definition) is 1. The molecule has 0 aromatic heterocycles. The maximum atomic E-state index is 2.83. The van der Waals surface area contributed by atoms with Gasteiger partial charge in [-0.3, -0.25) is 0 Å². The highest BCUT2D eigenvalue weighted by molar-refractivity contribution is 7.16. The minimum absolute atomic E-state index is 1.09. The molecule has 1 atom stereocenters. The van der Waals surface area contributed by atoms with Gasteiger partial charge in [0.2, 0.25) is 0 Å². The van der Waals surface area contributed by atoms with Crippen LogP contribution in [0.25, 0.3) is 0 Å². The van der Waals surface area contributed by atoms with Crippen molar-refractivity contribution in [2.75, 3.05) is 17.6 Å². The fourth-order valence-corrected chi connectivity index (χ4v) is 3.04. The molecule has 1 aliphatic rings. The average molecular weight is 269 g/mol. The van der Waals surface area contributed by atoms with E-state index in [1.165, 1.54) is 28.9 Å². The maximum Gasteiger partial charge on any atom is 0.0443 e. The fourth-order valence-electron chi connectivity index (χ4n) is 2.86. The van der Waals surface area contributed by atoms with E-state index >= 15 is 0 Å². The minimum Gasteiger partial charge on any atom is -0.341 e. The summed E-state index contributed by atoms with van der Waals surface area (Å²) in [5, 5.41) is 0. The average Bonchev–Trinajstić information content (AvgIpc) is 2.62. The topological polar surface area (TPSA) is 3.24 Å². The van der Waals surface area contributed by atoms with E-state index in [2.05, 4.69) is 62.7 Å². The quantitative estimate of drug-likeness (QED) is 0.755. The van der Waals surface area contributed by atoms with Gasteiger partial charge in [-0.15, -0.1) is 9.24 Å². The van der Waals surface area contributed by atoms with E-state index in [1.54, 1.807) is 0 Å². The lowest BCUT2D eigenvalue weighted by Crippen LogP contribution is -2.19. The second-order valence-corrected chi connectivity index (χ2v) is 5.63. The third-order valence-electron chi connectivity index (χ3n) is 3.81. The van der Waals surface area contributed by atoms with Gasteiger partial charge in [0.25, 0.3) is 0 Å². The monoisotopic (exact) mass is 269 g/mol. The number of benzene rings is 2. The van der Waals surface area contributed by atoms with Crippen LogP contribution in [-0.2, 0) is 12.8 Å². The van der Waals surface area contributed by atoms with Crippen molar-refractivity contribution < 1.29 is 0 Å². The molecule has 2 heteroatoms. The van der Waals surface area contributed by atoms with Crippen LogP contribution in [0.3, 0.4) is 0 Å². The number of aryl methyl sites for hydroxylation is 2. The van der Waals surface area contributed by atoms with Crippen LogP contribution in [0, 0.1) is 0 Å². The Hall–Kier alpha value is -1.33. The molecule has 0 radical (unpaired) electrons. The van der Waals surface area contributed by atoms with Gasteiger partial charge < -0.3 is 4.90 Å². The number of para-hydroxylation sites is 2. The fraction of sp³-hybridized carbons (Fsp3) is 0.294. The number of hydrogen-bond donors (Lipinski definition) is 0. The zero-order valence-corrected chi connectivity index (χ0v) is 12.3. The first kappa shape index (κ1) is 12.7. The van der Waals surface area contributed by atoms with Crippen molar-refractivity contribution in [1.29, 1.82) is 0 Å². The van der Waals surface area contributed by atoms with Gasteiger partial charge in [-0.2, -0.15) is 0 Å². The SMILES string of the molecule is PCCCN1c2ccccc2CCc2ccccc21. The van der Waals surface area contributed by atoms with Crippen LogP contribution in [0.2, 0.25) is 0 Å². The van der Waals surface area contributed by atoms with E-state index in [1.807, 2.05) is 0 Å². The highest BCUT2D eigenvalue weighted by Gasteiger charge is 2.19. The van der Waals surface area contributed by atoms with Crippen molar-refractivity contribution in [2.45, 2.75) is 19.3 Å². The van der Waals surface area contributed by atoms with Gasteiger partial charge in [0, 0.05) is 17.9 Å². The van der Waals surface area contributed by atoms with Gasteiger partial charge in [-0.1, -0.05) is 36.4 Å². The molecule has 1 aliphatic heterocycles. The Kier molecular flexibility index (Phi) is 3.84.